The van der Waals surface area contributed by atoms with Crippen molar-refractivity contribution in [2.24, 2.45) is 0 Å². The van der Waals surface area contributed by atoms with Gasteiger partial charge in [-0.2, -0.15) is 0 Å². The van der Waals surface area contributed by atoms with Crippen molar-refractivity contribution >= 4 is 23.3 Å². The van der Waals surface area contributed by atoms with Crippen molar-refractivity contribution in [2.75, 3.05) is 12.0 Å². The summed E-state index contributed by atoms with van der Waals surface area (Å²) in [5.74, 6) is -3.39. The molecule has 1 aromatic rings. The first-order valence-electron chi connectivity index (χ1n) is 5.39. The van der Waals surface area contributed by atoms with Gasteiger partial charge in [0, 0.05) is 0 Å². The Labute approximate surface area is 108 Å². The summed E-state index contributed by atoms with van der Waals surface area (Å²) >= 11 is 0. The van der Waals surface area contributed by atoms with Gasteiger partial charge in [-0.15, -0.1) is 6.58 Å². The van der Waals surface area contributed by atoms with Crippen molar-refractivity contribution in [1.82, 2.24) is 0 Å². The maximum Gasteiger partial charge on any atom is 0.333 e. The average Bonchev–Trinajstić information content (AvgIpc) is 2.66. The summed E-state index contributed by atoms with van der Waals surface area (Å²) in [6.45, 7) is 3.41. The quantitative estimate of drug-likeness (QED) is 0.465. The predicted octanol–water partition coefficient (Wildman–Crippen LogP) is 1.08. The number of halogens is 1. The van der Waals surface area contributed by atoms with Crippen LogP contribution in [0.1, 0.15) is 10.4 Å². The molecule has 0 saturated carbocycles. The highest BCUT2D eigenvalue weighted by molar-refractivity contribution is 6.52. The zero-order valence-electron chi connectivity index (χ0n) is 10.1. The fraction of sp³-hybridized carbons (Fsp3) is 0.154. The van der Waals surface area contributed by atoms with E-state index in [1.54, 1.807) is 0 Å². The van der Waals surface area contributed by atoms with Gasteiger partial charge in [-0.1, -0.05) is 12.1 Å². The van der Waals surface area contributed by atoms with Gasteiger partial charge < -0.3 is 4.74 Å². The molecule has 0 aliphatic carbocycles. The highest BCUT2D eigenvalue weighted by Gasteiger charge is 2.43. The Kier molecular flexibility index (Phi) is 3.16. The molecule has 0 radical (unpaired) electrons. The van der Waals surface area contributed by atoms with Gasteiger partial charge in [-0.3, -0.25) is 14.5 Å². The molecule has 2 rings (SSSR count). The summed E-state index contributed by atoms with van der Waals surface area (Å²) < 4.78 is 18.3. The molecular weight excluding hydrogens is 253 g/mol. The first kappa shape index (κ1) is 12.9. The number of hydrogen-bond donors (Lipinski definition) is 0. The Hall–Kier alpha value is -2.50. The molecule has 0 bridgehead atoms. The number of benzene rings is 1. The van der Waals surface area contributed by atoms with Gasteiger partial charge in [0.15, 0.2) is 6.04 Å². The lowest BCUT2D eigenvalue weighted by Gasteiger charge is -2.23. The van der Waals surface area contributed by atoms with Crippen LogP contribution in [-0.2, 0) is 14.3 Å². The number of rotatable bonds is 3. The van der Waals surface area contributed by atoms with E-state index in [9.17, 15) is 18.8 Å². The third kappa shape index (κ3) is 1.81. The van der Waals surface area contributed by atoms with Gasteiger partial charge in [-0.25, -0.2) is 9.18 Å². The van der Waals surface area contributed by atoms with E-state index in [0.29, 0.717) is 0 Å². The Balaban J connectivity index is 2.60. The van der Waals surface area contributed by atoms with Gasteiger partial charge in [0.05, 0.1) is 18.4 Å². The van der Waals surface area contributed by atoms with Gasteiger partial charge in [0.25, 0.3) is 5.78 Å². The van der Waals surface area contributed by atoms with Crippen LogP contribution in [0.5, 0.6) is 0 Å². The first-order valence-corrected chi connectivity index (χ1v) is 5.39. The van der Waals surface area contributed by atoms with E-state index in [0.717, 1.165) is 24.2 Å². The molecule has 1 aliphatic rings. The van der Waals surface area contributed by atoms with Crippen LogP contribution in [0.25, 0.3) is 0 Å². The number of amides is 1. The fourth-order valence-electron chi connectivity index (χ4n) is 1.96. The minimum atomic E-state index is -1.24. The number of ether oxygens (including phenoxy) is 1. The topological polar surface area (TPSA) is 63.7 Å². The monoisotopic (exact) mass is 263 g/mol. The maximum absolute atomic E-state index is 13.8. The van der Waals surface area contributed by atoms with Crippen molar-refractivity contribution in [3.8, 4) is 0 Å². The van der Waals surface area contributed by atoms with E-state index < -0.39 is 29.5 Å². The van der Waals surface area contributed by atoms with E-state index in [1.807, 2.05) is 0 Å². The molecule has 5 nitrogen and oxygen atoms in total. The van der Waals surface area contributed by atoms with Crippen LogP contribution in [0.15, 0.2) is 30.9 Å². The second kappa shape index (κ2) is 4.64. The summed E-state index contributed by atoms with van der Waals surface area (Å²) in [5, 5.41) is 0. The Bertz CT molecular complexity index is 596. The lowest BCUT2D eigenvalue weighted by Crippen LogP contribution is -2.44. The first-order chi connectivity index (χ1) is 9.02. The number of carbonyl (C=O) groups is 3. The lowest BCUT2D eigenvalue weighted by molar-refractivity contribution is -0.141. The number of nitrogens with zero attached hydrogens (tertiary/aromatic N) is 1. The Morgan fingerprint density at radius 2 is 2.16 bits per heavy atom. The van der Waals surface area contributed by atoms with E-state index in [4.69, 9.17) is 0 Å². The van der Waals surface area contributed by atoms with Crippen LogP contribution >= 0.6 is 0 Å². The number of fused-ring (bicyclic) bond motifs is 1. The minimum Gasteiger partial charge on any atom is -0.467 e. The predicted molar refractivity (Wildman–Crippen MR) is 64.2 cm³/mol. The number of anilines is 1. The third-order valence-corrected chi connectivity index (χ3v) is 2.83. The largest absolute Gasteiger partial charge is 0.467 e. The van der Waals surface area contributed by atoms with Crippen LogP contribution in [0.4, 0.5) is 10.1 Å². The summed E-state index contributed by atoms with van der Waals surface area (Å²) in [6, 6.07) is 2.52. The van der Waals surface area contributed by atoms with Crippen LogP contribution in [0.3, 0.4) is 0 Å². The van der Waals surface area contributed by atoms with E-state index >= 15 is 0 Å². The van der Waals surface area contributed by atoms with Crippen LogP contribution in [0.2, 0.25) is 0 Å². The van der Waals surface area contributed by atoms with Crippen molar-refractivity contribution in [1.29, 1.82) is 0 Å². The SMILES string of the molecule is C=CC(C(=O)OC)N1C(=O)C(=O)c2cccc(F)c21. The Morgan fingerprint density at radius 1 is 1.47 bits per heavy atom. The third-order valence-electron chi connectivity index (χ3n) is 2.83. The summed E-state index contributed by atoms with van der Waals surface area (Å²) in [5.41, 5.74) is -0.284. The molecule has 0 N–H and O–H groups in total. The molecule has 1 aromatic carbocycles. The molecule has 1 amide bonds. The molecule has 1 atom stereocenters. The van der Waals surface area contributed by atoms with Crippen molar-refractivity contribution in [3.63, 3.8) is 0 Å². The van der Waals surface area contributed by atoms with Gasteiger partial charge in [0.1, 0.15) is 5.82 Å². The number of esters is 1. The van der Waals surface area contributed by atoms with Crippen LogP contribution in [-0.4, -0.2) is 30.8 Å². The molecule has 1 aliphatic heterocycles. The van der Waals surface area contributed by atoms with Crippen LogP contribution in [0, 0.1) is 5.82 Å². The highest BCUT2D eigenvalue weighted by atomic mass is 19.1. The molecule has 0 saturated heterocycles. The standard InChI is InChI=1S/C13H10FNO4/c1-3-9(13(18)19-2)15-10-7(11(16)12(15)17)5-4-6-8(10)14/h3-6,9H,1H2,2H3. The maximum atomic E-state index is 13.8. The number of methoxy groups -OCH3 is 1. The number of Topliss-reactive ketones (excluding diaryl/α,β-unsaturated/α-hetero) is 1. The average molecular weight is 263 g/mol. The highest BCUT2D eigenvalue weighted by Crippen LogP contribution is 2.33. The van der Waals surface area contributed by atoms with E-state index in [-0.39, 0.29) is 11.3 Å². The van der Waals surface area contributed by atoms with Gasteiger partial charge in [-0.05, 0) is 12.1 Å². The molecule has 1 unspecified atom stereocenters. The van der Waals surface area contributed by atoms with Crippen LogP contribution < -0.4 is 4.90 Å². The lowest BCUT2D eigenvalue weighted by atomic mass is 10.1. The Morgan fingerprint density at radius 3 is 2.74 bits per heavy atom. The molecular formula is C13H10FNO4. The zero-order chi connectivity index (χ0) is 14.2. The van der Waals surface area contributed by atoms with E-state index in [2.05, 4.69) is 11.3 Å². The molecule has 0 fully saturated rings. The smallest absolute Gasteiger partial charge is 0.333 e. The normalized spacial score (nSPS) is 15.2. The number of para-hydroxylation sites is 1. The summed E-state index contributed by atoms with van der Waals surface area (Å²) in [4.78, 5) is 36.0. The minimum absolute atomic E-state index is 0.0687. The second-order valence-corrected chi connectivity index (χ2v) is 3.84. The molecule has 1 heterocycles. The van der Waals surface area contributed by atoms with Crippen molar-refractivity contribution in [2.45, 2.75) is 6.04 Å². The number of ketones is 1. The number of carbonyl (C=O) groups excluding carboxylic acids is 3. The second-order valence-electron chi connectivity index (χ2n) is 3.84. The van der Waals surface area contributed by atoms with E-state index in [1.165, 1.54) is 12.1 Å². The molecule has 6 heteroatoms. The molecule has 19 heavy (non-hydrogen) atoms. The summed E-state index contributed by atoms with van der Waals surface area (Å²) in [7, 11) is 1.13. The zero-order valence-corrected chi connectivity index (χ0v) is 10.1. The number of hydrogen-bond acceptors (Lipinski definition) is 4. The van der Waals surface area contributed by atoms with Gasteiger partial charge in [0.2, 0.25) is 0 Å². The summed E-state index contributed by atoms with van der Waals surface area (Å²) in [6.07, 6.45) is 1.12. The van der Waals surface area contributed by atoms with Crippen molar-refractivity contribution < 1.29 is 23.5 Å². The van der Waals surface area contributed by atoms with Crippen molar-refractivity contribution in [3.05, 3.63) is 42.2 Å². The molecule has 98 valence electrons. The molecule has 0 aromatic heterocycles. The van der Waals surface area contributed by atoms with Gasteiger partial charge >= 0.3 is 11.9 Å². The fourth-order valence-corrected chi connectivity index (χ4v) is 1.96. The molecule has 0 spiro atoms.